The zero-order valence-corrected chi connectivity index (χ0v) is 12.1. The number of nitrogens with one attached hydrogen (secondary N) is 1. The van der Waals surface area contributed by atoms with Crippen molar-refractivity contribution in [3.05, 3.63) is 35.1 Å². The third-order valence-corrected chi connectivity index (χ3v) is 3.45. The highest BCUT2D eigenvalue weighted by Crippen LogP contribution is 2.24. The first-order valence-corrected chi connectivity index (χ1v) is 6.52. The van der Waals surface area contributed by atoms with Crippen LogP contribution in [0.5, 0.6) is 0 Å². The van der Waals surface area contributed by atoms with E-state index >= 15 is 0 Å². The third kappa shape index (κ3) is 4.03. The molecule has 0 fully saturated rings. The lowest BCUT2D eigenvalue weighted by Gasteiger charge is -2.27. The van der Waals surface area contributed by atoms with Gasteiger partial charge in [-0.3, -0.25) is 4.79 Å². The fourth-order valence-electron chi connectivity index (χ4n) is 1.76. The van der Waals surface area contributed by atoms with Gasteiger partial charge in [0.2, 0.25) is 5.91 Å². The Kier molecular flexibility index (Phi) is 5.06. The SMILES string of the molecule is Cc1cc(C(C)(C)CNC(=O)C(C)CN)ccc1F. The van der Waals surface area contributed by atoms with Gasteiger partial charge in [-0.05, 0) is 24.1 Å². The Labute approximate surface area is 114 Å². The zero-order chi connectivity index (χ0) is 14.6. The summed E-state index contributed by atoms with van der Waals surface area (Å²) in [6.07, 6.45) is 0. The molecule has 4 heteroatoms. The number of hydrogen-bond donors (Lipinski definition) is 2. The molecule has 1 atom stereocenters. The van der Waals surface area contributed by atoms with Crippen molar-refractivity contribution < 1.29 is 9.18 Å². The summed E-state index contributed by atoms with van der Waals surface area (Å²) >= 11 is 0. The molecule has 0 aliphatic heterocycles. The maximum Gasteiger partial charge on any atom is 0.224 e. The highest BCUT2D eigenvalue weighted by atomic mass is 19.1. The molecule has 0 aromatic heterocycles. The summed E-state index contributed by atoms with van der Waals surface area (Å²) in [7, 11) is 0. The first-order chi connectivity index (χ1) is 8.77. The number of rotatable bonds is 5. The number of amides is 1. The van der Waals surface area contributed by atoms with Crippen LogP contribution in [0.4, 0.5) is 4.39 Å². The molecule has 0 spiro atoms. The maximum absolute atomic E-state index is 13.3. The lowest BCUT2D eigenvalue weighted by molar-refractivity contribution is -0.124. The summed E-state index contributed by atoms with van der Waals surface area (Å²) in [5.74, 6) is -0.444. The van der Waals surface area contributed by atoms with Crippen LogP contribution < -0.4 is 11.1 Å². The molecule has 0 saturated heterocycles. The topological polar surface area (TPSA) is 55.1 Å². The van der Waals surface area contributed by atoms with Crippen LogP contribution in [0, 0.1) is 18.7 Å². The van der Waals surface area contributed by atoms with Crippen molar-refractivity contribution >= 4 is 5.91 Å². The monoisotopic (exact) mass is 266 g/mol. The van der Waals surface area contributed by atoms with Gasteiger partial charge >= 0.3 is 0 Å². The average Bonchev–Trinajstić information content (AvgIpc) is 2.38. The van der Waals surface area contributed by atoms with Crippen LogP contribution in [0.3, 0.4) is 0 Å². The van der Waals surface area contributed by atoms with Gasteiger partial charge in [0.25, 0.3) is 0 Å². The minimum absolute atomic E-state index is 0.0468. The van der Waals surface area contributed by atoms with Gasteiger partial charge in [-0.1, -0.05) is 32.9 Å². The molecule has 106 valence electrons. The van der Waals surface area contributed by atoms with E-state index in [2.05, 4.69) is 5.32 Å². The van der Waals surface area contributed by atoms with E-state index in [4.69, 9.17) is 5.73 Å². The molecule has 0 bridgehead atoms. The van der Waals surface area contributed by atoms with Crippen molar-refractivity contribution in [2.45, 2.75) is 33.1 Å². The Bertz CT molecular complexity index is 457. The standard InChI is InChI=1S/C15H23FN2O/c1-10-7-12(5-6-13(10)16)15(3,4)9-18-14(19)11(2)8-17/h5-7,11H,8-9,17H2,1-4H3,(H,18,19). The van der Waals surface area contributed by atoms with E-state index in [9.17, 15) is 9.18 Å². The molecular weight excluding hydrogens is 243 g/mol. The molecule has 3 N–H and O–H groups in total. The van der Waals surface area contributed by atoms with Crippen molar-refractivity contribution in [3.8, 4) is 0 Å². The third-order valence-electron chi connectivity index (χ3n) is 3.45. The molecule has 0 heterocycles. The molecular formula is C15H23FN2O. The summed E-state index contributed by atoms with van der Waals surface area (Å²) in [5.41, 5.74) is 6.83. The molecule has 3 nitrogen and oxygen atoms in total. The van der Waals surface area contributed by atoms with Gasteiger partial charge in [0, 0.05) is 24.4 Å². The summed E-state index contributed by atoms with van der Waals surface area (Å²) in [6.45, 7) is 8.41. The van der Waals surface area contributed by atoms with Gasteiger partial charge in [-0.25, -0.2) is 4.39 Å². The number of benzene rings is 1. The summed E-state index contributed by atoms with van der Waals surface area (Å²) in [5, 5.41) is 2.89. The summed E-state index contributed by atoms with van der Waals surface area (Å²) in [6, 6.07) is 5.06. The molecule has 0 aliphatic rings. The van der Waals surface area contributed by atoms with E-state index in [1.807, 2.05) is 19.9 Å². The van der Waals surface area contributed by atoms with Gasteiger partial charge in [-0.15, -0.1) is 0 Å². The fourth-order valence-corrected chi connectivity index (χ4v) is 1.76. The number of carbonyl (C=O) groups is 1. The predicted molar refractivity (Wildman–Crippen MR) is 75.4 cm³/mol. The smallest absolute Gasteiger partial charge is 0.224 e. The van der Waals surface area contributed by atoms with Crippen LogP contribution in [0.2, 0.25) is 0 Å². The normalized spacial score (nSPS) is 13.2. The second-order valence-electron chi connectivity index (χ2n) is 5.70. The van der Waals surface area contributed by atoms with E-state index < -0.39 is 0 Å². The van der Waals surface area contributed by atoms with Crippen LogP contribution >= 0.6 is 0 Å². The molecule has 0 radical (unpaired) electrons. The van der Waals surface area contributed by atoms with Gasteiger partial charge < -0.3 is 11.1 Å². The molecule has 1 rings (SSSR count). The van der Waals surface area contributed by atoms with E-state index in [-0.39, 0.29) is 23.1 Å². The quantitative estimate of drug-likeness (QED) is 0.857. The highest BCUT2D eigenvalue weighted by Gasteiger charge is 2.23. The lowest BCUT2D eigenvalue weighted by Crippen LogP contribution is -2.40. The van der Waals surface area contributed by atoms with E-state index in [0.29, 0.717) is 18.7 Å². The minimum Gasteiger partial charge on any atom is -0.355 e. The fraction of sp³-hybridized carbons (Fsp3) is 0.533. The highest BCUT2D eigenvalue weighted by molar-refractivity contribution is 5.78. The molecule has 1 amide bonds. The Morgan fingerprint density at radius 3 is 2.63 bits per heavy atom. The second kappa shape index (κ2) is 6.15. The number of carbonyl (C=O) groups excluding carboxylic acids is 1. The lowest BCUT2D eigenvalue weighted by atomic mass is 9.83. The molecule has 1 unspecified atom stereocenters. The van der Waals surface area contributed by atoms with E-state index in [1.165, 1.54) is 6.07 Å². The van der Waals surface area contributed by atoms with Crippen molar-refractivity contribution in [1.82, 2.24) is 5.32 Å². The average molecular weight is 266 g/mol. The number of aryl methyl sites for hydroxylation is 1. The zero-order valence-electron chi connectivity index (χ0n) is 12.1. The Balaban J connectivity index is 2.75. The first kappa shape index (κ1) is 15.6. The summed E-state index contributed by atoms with van der Waals surface area (Å²) in [4.78, 5) is 11.7. The van der Waals surface area contributed by atoms with Gasteiger partial charge in [0.15, 0.2) is 0 Å². The molecule has 1 aromatic carbocycles. The number of halogens is 1. The largest absolute Gasteiger partial charge is 0.355 e. The van der Waals surface area contributed by atoms with Crippen LogP contribution in [-0.4, -0.2) is 19.0 Å². The second-order valence-corrected chi connectivity index (χ2v) is 5.70. The van der Waals surface area contributed by atoms with Crippen LogP contribution in [0.1, 0.15) is 31.9 Å². The van der Waals surface area contributed by atoms with Gasteiger partial charge in [0.1, 0.15) is 5.82 Å². The Morgan fingerprint density at radius 2 is 2.11 bits per heavy atom. The molecule has 19 heavy (non-hydrogen) atoms. The Morgan fingerprint density at radius 1 is 1.47 bits per heavy atom. The molecule has 0 aliphatic carbocycles. The van der Waals surface area contributed by atoms with Gasteiger partial charge in [-0.2, -0.15) is 0 Å². The van der Waals surface area contributed by atoms with Crippen LogP contribution in [-0.2, 0) is 10.2 Å². The first-order valence-electron chi connectivity index (χ1n) is 6.52. The van der Waals surface area contributed by atoms with Crippen LogP contribution in [0.15, 0.2) is 18.2 Å². The molecule has 1 aromatic rings. The van der Waals surface area contributed by atoms with Crippen molar-refractivity contribution in [2.75, 3.05) is 13.1 Å². The Hall–Kier alpha value is -1.42. The minimum atomic E-state index is -0.248. The van der Waals surface area contributed by atoms with Crippen molar-refractivity contribution in [2.24, 2.45) is 11.7 Å². The van der Waals surface area contributed by atoms with Gasteiger partial charge in [0.05, 0.1) is 0 Å². The summed E-state index contributed by atoms with van der Waals surface area (Å²) < 4.78 is 13.3. The number of hydrogen-bond acceptors (Lipinski definition) is 2. The predicted octanol–water partition coefficient (Wildman–Crippen LogP) is 2.12. The van der Waals surface area contributed by atoms with Crippen molar-refractivity contribution in [3.63, 3.8) is 0 Å². The van der Waals surface area contributed by atoms with Crippen LogP contribution in [0.25, 0.3) is 0 Å². The van der Waals surface area contributed by atoms with E-state index in [1.54, 1.807) is 19.9 Å². The molecule has 0 saturated carbocycles. The number of nitrogens with two attached hydrogens (primary N) is 1. The van der Waals surface area contributed by atoms with E-state index in [0.717, 1.165) is 5.56 Å². The van der Waals surface area contributed by atoms with Crippen molar-refractivity contribution in [1.29, 1.82) is 0 Å². The maximum atomic E-state index is 13.3.